The van der Waals surface area contributed by atoms with Gasteiger partial charge in [-0.15, -0.1) is 0 Å². The third-order valence-corrected chi connectivity index (χ3v) is 5.80. The molecule has 1 aliphatic carbocycles. The zero-order valence-corrected chi connectivity index (χ0v) is 15.8. The lowest BCUT2D eigenvalue weighted by atomic mass is 9.95. The van der Waals surface area contributed by atoms with Gasteiger partial charge in [0.05, 0.1) is 12.8 Å². The predicted molar refractivity (Wildman–Crippen MR) is 102 cm³/mol. The minimum Gasteiger partial charge on any atom is -0.492 e. The molecule has 2 fully saturated rings. The smallest absolute Gasteiger partial charge is 0.330 e. The van der Waals surface area contributed by atoms with Crippen LogP contribution in [-0.2, 0) is 10.2 Å². The molecule has 7 heteroatoms. The van der Waals surface area contributed by atoms with Crippen LogP contribution < -0.4 is 19.7 Å². The molecule has 28 heavy (non-hydrogen) atoms. The van der Waals surface area contributed by atoms with Crippen LogP contribution in [0.25, 0.3) is 0 Å². The topological polar surface area (TPSA) is 80.8 Å². The Labute approximate surface area is 162 Å². The lowest BCUT2D eigenvalue weighted by molar-refractivity contribution is -0.118. The van der Waals surface area contributed by atoms with Crippen LogP contribution in [0.15, 0.2) is 30.5 Å². The van der Waals surface area contributed by atoms with Crippen LogP contribution in [0.5, 0.6) is 17.2 Å². The largest absolute Gasteiger partial charge is 0.492 e. The van der Waals surface area contributed by atoms with E-state index in [1.54, 1.807) is 12.1 Å². The average molecular weight is 379 g/mol. The van der Waals surface area contributed by atoms with Crippen molar-refractivity contribution in [2.45, 2.75) is 44.6 Å². The molecule has 3 heterocycles. The summed E-state index contributed by atoms with van der Waals surface area (Å²) in [5.41, 5.74) is 2.36. The second-order valence-corrected chi connectivity index (χ2v) is 7.69. The van der Waals surface area contributed by atoms with E-state index in [1.807, 2.05) is 26.0 Å². The second kappa shape index (κ2) is 5.95. The molecule has 3 aliphatic rings. The molecular formula is C21H21N3O4. The van der Waals surface area contributed by atoms with Crippen LogP contribution >= 0.6 is 0 Å². The molecule has 0 radical (unpaired) electrons. The number of hydrogen-bond acceptors (Lipinski definition) is 5. The van der Waals surface area contributed by atoms with Gasteiger partial charge in [0.15, 0.2) is 0 Å². The number of imide groups is 1. The van der Waals surface area contributed by atoms with Gasteiger partial charge in [-0.1, -0.05) is 13.0 Å². The highest BCUT2D eigenvalue weighted by Crippen LogP contribution is 2.59. The Hall–Kier alpha value is -3.09. The maximum Gasteiger partial charge on any atom is 0.330 e. The van der Waals surface area contributed by atoms with Crippen molar-refractivity contribution in [1.29, 1.82) is 0 Å². The van der Waals surface area contributed by atoms with Crippen molar-refractivity contribution in [3.8, 4) is 17.2 Å². The van der Waals surface area contributed by atoms with Gasteiger partial charge in [-0.2, -0.15) is 0 Å². The molecular weight excluding hydrogens is 358 g/mol. The van der Waals surface area contributed by atoms with Crippen molar-refractivity contribution in [1.82, 2.24) is 10.3 Å². The highest BCUT2D eigenvalue weighted by Gasteiger charge is 2.53. The number of carbonyl (C=O) groups excluding carboxylic acids is 2. The predicted octanol–water partition coefficient (Wildman–Crippen LogP) is 3.44. The number of ether oxygens (including phenoxy) is 2. The molecule has 1 saturated carbocycles. The number of amides is 3. The lowest BCUT2D eigenvalue weighted by Gasteiger charge is -2.15. The number of benzene rings is 1. The number of hydrogen-bond donors (Lipinski definition) is 1. The van der Waals surface area contributed by atoms with E-state index >= 15 is 0 Å². The van der Waals surface area contributed by atoms with Gasteiger partial charge in [-0.3, -0.25) is 4.79 Å². The van der Waals surface area contributed by atoms with E-state index < -0.39 is 12.1 Å². The van der Waals surface area contributed by atoms with Gasteiger partial charge in [0, 0.05) is 11.0 Å². The minimum atomic E-state index is -0.491. The molecule has 1 saturated heterocycles. The second-order valence-electron chi connectivity index (χ2n) is 7.69. The van der Waals surface area contributed by atoms with E-state index in [2.05, 4.69) is 10.3 Å². The average Bonchev–Trinajstić information content (AvgIpc) is 3.28. The summed E-state index contributed by atoms with van der Waals surface area (Å²) in [7, 11) is 0. The normalized spacial score (nSPS) is 21.5. The van der Waals surface area contributed by atoms with Crippen molar-refractivity contribution in [2.24, 2.45) is 0 Å². The summed E-state index contributed by atoms with van der Waals surface area (Å²) >= 11 is 0. The number of pyridine rings is 1. The van der Waals surface area contributed by atoms with Gasteiger partial charge in [-0.25, -0.2) is 14.7 Å². The summed E-state index contributed by atoms with van der Waals surface area (Å²) in [6.45, 7) is 4.61. The molecule has 1 spiro atoms. The first-order valence-corrected chi connectivity index (χ1v) is 9.58. The van der Waals surface area contributed by atoms with Crippen LogP contribution in [0.1, 0.15) is 37.3 Å². The van der Waals surface area contributed by atoms with Crippen LogP contribution in [0.3, 0.4) is 0 Å². The number of fused-ring (bicyclic) bond motifs is 2. The first-order valence-electron chi connectivity index (χ1n) is 9.58. The van der Waals surface area contributed by atoms with Crippen LogP contribution in [0, 0.1) is 6.92 Å². The van der Waals surface area contributed by atoms with Gasteiger partial charge < -0.3 is 14.8 Å². The zero-order chi connectivity index (χ0) is 19.5. The number of nitrogens with one attached hydrogen (secondary N) is 1. The van der Waals surface area contributed by atoms with Gasteiger partial charge in [0.1, 0.15) is 29.1 Å². The van der Waals surface area contributed by atoms with Crippen molar-refractivity contribution in [3.63, 3.8) is 0 Å². The monoisotopic (exact) mass is 379 g/mol. The standard InChI is InChI=1S/C21H21N3O4/c1-3-14-19(25)24(20(26)23-14)16-7-5-13(10-22-16)28-15-6-4-12(2)18-17(15)21(8-9-21)11-27-18/h4-7,10,14H,3,8-9,11H2,1-2H3,(H,23,26)/t14-/m1/s1. The number of nitrogens with zero attached hydrogens (tertiary/aromatic N) is 2. The Morgan fingerprint density at radius 3 is 2.75 bits per heavy atom. The molecule has 1 aromatic carbocycles. The Morgan fingerprint density at radius 1 is 1.29 bits per heavy atom. The molecule has 2 aromatic rings. The molecule has 1 N–H and O–H groups in total. The van der Waals surface area contributed by atoms with Crippen LogP contribution in [0.2, 0.25) is 0 Å². The Balaban J connectivity index is 1.41. The fraction of sp³-hybridized carbons (Fsp3) is 0.381. The number of aryl methyl sites for hydroxylation is 1. The fourth-order valence-electron chi connectivity index (χ4n) is 3.99. The summed E-state index contributed by atoms with van der Waals surface area (Å²) in [6.07, 6.45) is 4.31. The lowest BCUT2D eigenvalue weighted by Crippen LogP contribution is -2.31. The quantitative estimate of drug-likeness (QED) is 0.823. The number of carbonyl (C=O) groups is 2. The van der Waals surface area contributed by atoms with E-state index in [9.17, 15) is 9.59 Å². The third-order valence-electron chi connectivity index (χ3n) is 5.80. The van der Waals surface area contributed by atoms with E-state index in [0.717, 1.165) is 40.4 Å². The highest BCUT2D eigenvalue weighted by atomic mass is 16.5. The Morgan fingerprint density at radius 2 is 2.11 bits per heavy atom. The van der Waals surface area contributed by atoms with Gasteiger partial charge >= 0.3 is 6.03 Å². The van der Waals surface area contributed by atoms with Crippen molar-refractivity contribution < 1.29 is 19.1 Å². The van der Waals surface area contributed by atoms with E-state index in [-0.39, 0.29) is 11.3 Å². The summed E-state index contributed by atoms with van der Waals surface area (Å²) < 4.78 is 12.1. The van der Waals surface area contributed by atoms with E-state index in [4.69, 9.17) is 9.47 Å². The van der Waals surface area contributed by atoms with Crippen molar-refractivity contribution in [3.05, 3.63) is 41.6 Å². The van der Waals surface area contributed by atoms with Gasteiger partial charge in [-0.05, 0) is 49.9 Å². The first kappa shape index (κ1) is 17.0. The van der Waals surface area contributed by atoms with E-state index in [1.165, 1.54) is 6.20 Å². The molecule has 0 unspecified atom stereocenters. The summed E-state index contributed by atoms with van der Waals surface area (Å²) in [5.74, 6) is 2.28. The fourth-order valence-corrected chi connectivity index (χ4v) is 3.99. The molecule has 7 nitrogen and oxygen atoms in total. The molecule has 1 atom stereocenters. The van der Waals surface area contributed by atoms with Crippen LogP contribution in [-0.4, -0.2) is 29.6 Å². The first-order chi connectivity index (χ1) is 13.5. The van der Waals surface area contributed by atoms with Crippen molar-refractivity contribution >= 4 is 17.8 Å². The van der Waals surface area contributed by atoms with Gasteiger partial charge in [0.2, 0.25) is 0 Å². The van der Waals surface area contributed by atoms with E-state index in [0.29, 0.717) is 24.6 Å². The molecule has 1 aromatic heterocycles. The third kappa shape index (κ3) is 2.46. The number of rotatable bonds is 4. The molecule has 2 aliphatic heterocycles. The number of aromatic nitrogens is 1. The maximum absolute atomic E-state index is 12.3. The number of urea groups is 1. The Kier molecular flexibility index (Phi) is 3.62. The molecule has 0 bridgehead atoms. The molecule has 3 amide bonds. The SMILES string of the molecule is CC[C@H]1NC(=O)N(c2ccc(Oc3ccc(C)c4c3C3(CC3)CO4)cn2)C1=O. The number of anilines is 1. The summed E-state index contributed by atoms with van der Waals surface area (Å²) in [6, 6.07) is 6.39. The maximum atomic E-state index is 12.3. The zero-order valence-electron chi connectivity index (χ0n) is 15.8. The summed E-state index contributed by atoms with van der Waals surface area (Å²) in [5, 5.41) is 2.66. The minimum absolute atomic E-state index is 0.0965. The van der Waals surface area contributed by atoms with Gasteiger partial charge in [0.25, 0.3) is 5.91 Å². The molecule has 144 valence electrons. The van der Waals surface area contributed by atoms with Crippen LogP contribution in [0.4, 0.5) is 10.6 Å². The van der Waals surface area contributed by atoms with Crippen molar-refractivity contribution in [2.75, 3.05) is 11.5 Å². The summed E-state index contributed by atoms with van der Waals surface area (Å²) in [4.78, 5) is 29.8. The molecule has 5 rings (SSSR count). The Bertz CT molecular complexity index is 982. The highest BCUT2D eigenvalue weighted by molar-refractivity contribution is 6.20.